The van der Waals surface area contributed by atoms with Crippen molar-refractivity contribution in [2.24, 2.45) is 0 Å². The van der Waals surface area contributed by atoms with E-state index in [2.05, 4.69) is 5.32 Å². The normalized spacial score (nSPS) is 11.5. The predicted molar refractivity (Wildman–Crippen MR) is 80.7 cm³/mol. The summed E-state index contributed by atoms with van der Waals surface area (Å²) in [5.41, 5.74) is 1.57. The second kappa shape index (κ2) is 7.30. The van der Waals surface area contributed by atoms with Crippen LogP contribution < -0.4 is 10.1 Å². The standard InChI is InChI=1S/C17H17FN2O/c1-13(11-14-5-2-3-8-17(14)18)20-15-6-4-7-16(12-15)21-10-9-19/h2-8,12-13,20H,10-11H2,1H3. The van der Waals surface area contributed by atoms with Crippen LogP contribution in [0.2, 0.25) is 0 Å². The molecule has 0 spiro atoms. The van der Waals surface area contributed by atoms with Crippen molar-refractivity contribution in [3.8, 4) is 11.8 Å². The Labute approximate surface area is 124 Å². The number of nitrogens with one attached hydrogen (secondary N) is 1. The highest BCUT2D eigenvalue weighted by molar-refractivity contribution is 5.49. The molecule has 21 heavy (non-hydrogen) atoms. The lowest BCUT2D eigenvalue weighted by molar-refractivity contribution is 0.368. The summed E-state index contributed by atoms with van der Waals surface area (Å²) < 4.78 is 18.9. The van der Waals surface area contributed by atoms with Crippen LogP contribution in [0.4, 0.5) is 10.1 Å². The second-order valence-corrected chi connectivity index (χ2v) is 4.82. The molecule has 0 bridgehead atoms. The lowest BCUT2D eigenvalue weighted by Crippen LogP contribution is -2.18. The Morgan fingerprint density at radius 3 is 2.81 bits per heavy atom. The summed E-state index contributed by atoms with van der Waals surface area (Å²) in [5.74, 6) is 0.455. The lowest BCUT2D eigenvalue weighted by Gasteiger charge is -2.16. The van der Waals surface area contributed by atoms with E-state index >= 15 is 0 Å². The monoisotopic (exact) mass is 284 g/mol. The highest BCUT2D eigenvalue weighted by atomic mass is 19.1. The Balaban J connectivity index is 1.98. The minimum atomic E-state index is -0.183. The second-order valence-electron chi connectivity index (χ2n) is 4.82. The molecule has 4 heteroatoms. The van der Waals surface area contributed by atoms with Gasteiger partial charge in [-0.25, -0.2) is 4.39 Å². The number of nitrogens with zero attached hydrogens (tertiary/aromatic N) is 1. The molecule has 108 valence electrons. The van der Waals surface area contributed by atoms with Gasteiger partial charge in [0.15, 0.2) is 6.61 Å². The maximum absolute atomic E-state index is 13.6. The summed E-state index contributed by atoms with van der Waals surface area (Å²) >= 11 is 0. The first-order valence-corrected chi connectivity index (χ1v) is 6.79. The van der Waals surface area contributed by atoms with Crippen LogP contribution in [0.15, 0.2) is 48.5 Å². The van der Waals surface area contributed by atoms with Gasteiger partial charge in [0, 0.05) is 17.8 Å². The average Bonchev–Trinajstić information content (AvgIpc) is 2.48. The van der Waals surface area contributed by atoms with Crippen LogP contribution in [-0.4, -0.2) is 12.6 Å². The molecular formula is C17H17FN2O. The third kappa shape index (κ3) is 4.50. The predicted octanol–water partition coefficient (Wildman–Crippen LogP) is 3.77. The van der Waals surface area contributed by atoms with Crippen molar-refractivity contribution < 1.29 is 9.13 Å². The third-order valence-electron chi connectivity index (χ3n) is 3.03. The molecule has 0 radical (unpaired) electrons. The summed E-state index contributed by atoms with van der Waals surface area (Å²) in [6, 6.07) is 16.2. The molecule has 2 rings (SSSR count). The van der Waals surface area contributed by atoms with Crippen molar-refractivity contribution in [1.29, 1.82) is 5.26 Å². The molecule has 2 aromatic rings. The summed E-state index contributed by atoms with van der Waals surface area (Å²) in [6.07, 6.45) is 0.593. The first-order valence-electron chi connectivity index (χ1n) is 6.79. The van der Waals surface area contributed by atoms with Gasteiger partial charge in [0.2, 0.25) is 0 Å². The van der Waals surface area contributed by atoms with Crippen LogP contribution in [0, 0.1) is 17.1 Å². The van der Waals surface area contributed by atoms with Gasteiger partial charge in [0.05, 0.1) is 0 Å². The SMILES string of the molecule is CC(Cc1ccccc1F)Nc1cccc(OCC#N)c1. The molecule has 0 amide bonds. The Morgan fingerprint density at radius 2 is 2.05 bits per heavy atom. The molecule has 0 aliphatic rings. The number of hydrogen-bond acceptors (Lipinski definition) is 3. The van der Waals surface area contributed by atoms with E-state index in [4.69, 9.17) is 10.00 Å². The van der Waals surface area contributed by atoms with Crippen molar-refractivity contribution in [3.63, 3.8) is 0 Å². The smallest absolute Gasteiger partial charge is 0.174 e. The quantitative estimate of drug-likeness (QED) is 0.878. The number of benzene rings is 2. The van der Waals surface area contributed by atoms with E-state index in [-0.39, 0.29) is 18.5 Å². The van der Waals surface area contributed by atoms with Gasteiger partial charge in [-0.05, 0) is 37.1 Å². The van der Waals surface area contributed by atoms with Crippen LogP contribution in [0.5, 0.6) is 5.75 Å². The molecule has 0 aromatic heterocycles. The third-order valence-corrected chi connectivity index (χ3v) is 3.03. The van der Waals surface area contributed by atoms with Gasteiger partial charge >= 0.3 is 0 Å². The van der Waals surface area contributed by atoms with Crippen molar-refractivity contribution in [1.82, 2.24) is 0 Å². The van der Waals surface area contributed by atoms with Gasteiger partial charge in [-0.3, -0.25) is 0 Å². The van der Waals surface area contributed by atoms with E-state index in [0.29, 0.717) is 17.7 Å². The van der Waals surface area contributed by atoms with Crippen LogP contribution in [-0.2, 0) is 6.42 Å². The summed E-state index contributed by atoms with van der Waals surface area (Å²) in [6.45, 7) is 2.02. The van der Waals surface area contributed by atoms with E-state index in [1.807, 2.05) is 37.3 Å². The highest BCUT2D eigenvalue weighted by Crippen LogP contribution is 2.19. The van der Waals surface area contributed by atoms with Gasteiger partial charge in [0.1, 0.15) is 17.6 Å². The van der Waals surface area contributed by atoms with Crippen LogP contribution >= 0.6 is 0 Å². The molecule has 0 aliphatic carbocycles. The largest absolute Gasteiger partial charge is 0.479 e. The van der Waals surface area contributed by atoms with Crippen LogP contribution in [0.1, 0.15) is 12.5 Å². The molecular weight excluding hydrogens is 267 g/mol. The van der Waals surface area contributed by atoms with Crippen molar-refractivity contribution in [2.75, 3.05) is 11.9 Å². The minimum absolute atomic E-state index is 0.0221. The zero-order chi connectivity index (χ0) is 15.1. The van der Waals surface area contributed by atoms with E-state index in [0.717, 1.165) is 5.69 Å². The summed E-state index contributed by atoms with van der Waals surface area (Å²) in [5, 5.41) is 11.8. The highest BCUT2D eigenvalue weighted by Gasteiger charge is 2.07. The average molecular weight is 284 g/mol. The molecule has 1 N–H and O–H groups in total. The molecule has 1 atom stereocenters. The fraction of sp³-hybridized carbons (Fsp3) is 0.235. The molecule has 0 aliphatic heterocycles. The summed E-state index contributed by atoms with van der Waals surface area (Å²) in [7, 11) is 0. The van der Waals surface area contributed by atoms with Gasteiger partial charge < -0.3 is 10.1 Å². The Morgan fingerprint density at radius 1 is 1.24 bits per heavy atom. The summed E-state index contributed by atoms with van der Waals surface area (Å²) in [4.78, 5) is 0. The number of rotatable bonds is 6. The number of ether oxygens (including phenoxy) is 1. The van der Waals surface area contributed by atoms with E-state index in [9.17, 15) is 4.39 Å². The van der Waals surface area contributed by atoms with Gasteiger partial charge in [-0.2, -0.15) is 5.26 Å². The Bertz CT molecular complexity index is 637. The van der Waals surface area contributed by atoms with Gasteiger partial charge in [-0.1, -0.05) is 24.3 Å². The van der Waals surface area contributed by atoms with Crippen molar-refractivity contribution in [2.45, 2.75) is 19.4 Å². The van der Waals surface area contributed by atoms with E-state index < -0.39 is 0 Å². The van der Waals surface area contributed by atoms with E-state index in [1.54, 1.807) is 18.2 Å². The first kappa shape index (κ1) is 14.9. The molecule has 2 aromatic carbocycles. The Hall–Kier alpha value is -2.54. The van der Waals surface area contributed by atoms with Gasteiger partial charge in [-0.15, -0.1) is 0 Å². The van der Waals surface area contributed by atoms with Crippen molar-refractivity contribution >= 4 is 5.69 Å². The zero-order valence-electron chi connectivity index (χ0n) is 11.8. The molecule has 0 heterocycles. The van der Waals surface area contributed by atoms with Crippen molar-refractivity contribution in [3.05, 3.63) is 59.9 Å². The van der Waals surface area contributed by atoms with Gasteiger partial charge in [0.25, 0.3) is 0 Å². The number of nitriles is 1. The van der Waals surface area contributed by atoms with Crippen LogP contribution in [0.25, 0.3) is 0 Å². The molecule has 0 fully saturated rings. The maximum atomic E-state index is 13.6. The maximum Gasteiger partial charge on any atom is 0.174 e. The fourth-order valence-electron chi connectivity index (χ4n) is 2.12. The molecule has 0 saturated heterocycles. The number of hydrogen-bond donors (Lipinski definition) is 1. The number of halogens is 1. The zero-order valence-corrected chi connectivity index (χ0v) is 11.8. The van der Waals surface area contributed by atoms with Crippen LogP contribution in [0.3, 0.4) is 0 Å². The Kier molecular flexibility index (Phi) is 5.16. The molecule has 0 saturated carbocycles. The topological polar surface area (TPSA) is 45.0 Å². The fourth-order valence-corrected chi connectivity index (χ4v) is 2.12. The lowest BCUT2D eigenvalue weighted by atomic mass is 10.1. The molecule has 3 nitrogen and oxygen atoms in total. The molecule has 1 unspecified atom stereocenters. The minimum Gasteiger partial charge on any atom is -0.479 e. The first-order chi connectivity index (χ1) is 10.2. The number of anilines is 1. The van der Waals surface area contributed by atoms with E-state index in [1.165, 1.54) is 6.07 Å².